The molecule has 0 heterocycles. The zero-order valence-corrected chi connectivity index (χ0v) is 8.78. The van der Waals surface area contributed by atoms with E-state index < -0.39 is 0 Å². The van der Waals surface area contributed by atoms with E-state index in [1.165, 1.54) is 19.3 Å². The van der Waals surface area contributed by atoms with Crippen LogP contribution < -0.4 is 17.0 Å². The number of rotatable bonds is 3. The Morgan fingerprint density at radius 3 is 1.88 bits per heavy atom. The maximum absolute atomic E-state index is 2.31. The quantitative estimate of drug-likeness (QED) is 0.304. The minimum Gasteiger partial charge on any atom is -1.00 e. The average Bonchev–Trinajstić information content (AvgIpc) is 1.61. The molecule has 0 aliphatic carbocycles. The summed E-state index contributed by atoms with van der Waals surface area (Å²) in [5.41, 5.74) is 0. The number of unbranched alkanes of at least 4 members (excludes halogenated alkanes) is 3. The molecule has 0 saturated carbocycles. The van der Waals surface area contributed by atoms with Crippen LogP contribution in [0.15, 0.2) is 0 Å². The molecule has 0 aliphatic heterocycles. The van der Waals surface area contributed by atoms with Gasteiger partial charge in [0.1, 0.15) is 0 Å². The fourth-order valence-corrected chi connectivity index (χ4v) is 0.408. The second kappa shape index (κ2) is 15.7. The minimum absolute atomic E-state index is 0. The standard InChI is InChI=1S/C6H13.BrH.Mg/c1-3-5-6-4-2;;/h5H,3-4,6H2,1-2H3;1H;/q-1;;+2/p-1. The van der Waals surface area contributed by atoms with E-state index in [0.717, 1.165) is 0 Å². The Bertz CT molecular complexity index is 20.5. The van der Waals surface area contributed by atoms with E-state index >= 15 is 0 Å². The first kappa shape index (κ1) is 16.1. The molecular weight excluding hydrogens is 176 g/mol. The zero-order valence-electron chi connectivity index (χ0n) is 5.78. The van der Waals surface area contributed by atoms with Crippen molar-refractivity contribution in [1.29, 1.82) is 0 Å². The largest absolute Gasteiger partial charge is 2.00 e. The van der Waals surface area contributed by atoms with Gasteiger partial charge in [-0.15, -0.1) is 0 Å². The molecule has 2 heteroatoms. The molecule has 0 aromatic carbocycles. The summed E-state index contributed by atoms with van der Waals surface area (Å²) in [4.78, 5) is 0. The molecule has 0 aliphatic rings. The molecule has 0 bridgehead atoms. The van der Waals surface area contributed by atoms with Crippen molar-refractivity contribution in [3.05, 3.63) is 6.42 Å². The van der Waals surface area contributed by atoms with Crippen LogP contribution in [0.25, 0.3) is 0 Å². The van der Waals surface area contributed by atoms with Gasteiger partial charge in [-0.3, -0.25) is 0 Å². The smallest absolute Gasteiger partial charge is 1.00 e. The molecule has 0 radical (unpaired) electrons. The van der Waals surface area contributed by atoms with Crippen LogP contribution in [0.4, 0.5) is 0 Å². The van der Waals surface area contributed by atoms with Crippen LogP contribution in [0.1, 0.15) is 33.1 Å². The number of hydrogen-bond acceptors (Lipinski definition) is 0. The summed E-state index contributed by atoms with van der Waals surface area (Å²) in [5.74, 6) is 0. The summed E-state index contributed by atoms with van der Waals surface area (Å²) in [7, 11) is 0. The van der Waals surface area contributed by atoms with Gasteiger partial charge in [0.15, 0.2) is 0 Å². The topological polar surface area (TPSA) is 0 Å². The van der Waals surface area contributed by atoms with Crippen LogP contribution in [0.5, 0.6) is 0 Å². The molecular formula is C6H13BrMg. The predicted octanol–water partition coefficient (Wildman–Crippen LogP) is -0.976. The van der Waals surface area contributed by atoms with Gasteiger partial charge in [-0.25, -0.2) is 0 Å². The normalized spacial score (nSPS) is 6.75. The van der Waals surface area contributed by atoms with Crippen LogP contribution in [0, 0.1) is 6.42 Å². The van der Waals surface area contributed by atoms with Gasteiger partial charge in [-0.1, -0.05) is 20.3 Å². The summed E-state index contributed by atoms with van der Waals surface area (Å²) >= 11 is 0. The second-order valence-corrected chi connectivity index (χ2v) is 1.49. The van der Waals surface area contributed by atoms with Gasteiger partial charge in [0.2, 0.25) is 0 Å². The van der Waals surface area contributed by atoms with E-state index in [-0.39, 0.29) is 40.0 Å². The van der Waals surface area contributed by atoms with Gasteiger partial charge >= 0.3 is 23.1 Å². The van der Waals surface area contributed by atoms with E-state index in [2.05, 4.69) is 20.3 Å². The monoisotopic (exact) mass is 188 g/mol. The van der Waals surface area contributed by atoms with E-state index in [1.54, 1.807) is 0 Å². The summed E-state index contributed by atoms with van der Waals surface area (Å²) < 4.78 is 0. The third-order valence-corrected chi connectivity index (χ3v) is 0.781. The first-order valence-electron chi connectivity index (χ1n) is 2.73. The van der Waals surface area contributed by atoms with Crippen molar-refractivity contribution in [2.24, 2.45) is 0 Å². The fraction of sp³-hybridized carbons (Fsp3) is 0.833. The molecule has 46 valence electrons. The van der Waals surface area contributed by atoms with Crippen molar-refractivity contribution < 1.29 is 17.0 Å². The van der Waals surface area contributed by atoms with Crippen molar-refractivity contribution in [3.8, 4) is 0 Å². The number of halogens is 1. The Morgan fingerprint density at radius 1 is 1.25 bits per heavy atom. The molecule has 8 heavy (non-hydrogen) atoms. The molecule has 0 atom stereocenters. The van der Waals surface area contributed by atoms with Gasteiger partial charge in [0, 0.05) is 0 Å². The molecule has 0 aromatic heterocycles. The van der Waals surface area contributed by atoms with Crippen LogP contribution in [0.3, 0.4) is 0 Å². The Labute approximate surface area is 79.3 Å². The Morgan fingerprint density at radius 2 is 1.75 bits per heavy atom. The average molecular weight is 189 g/mol. The van der Waals surface area contributed by atoms with Crippen molar-refractivity contribution >= 4 is 23.1 Å². The zero-order chi connectivity index (χ0) is 4.83. The SMILES string of the molecule is CC[CH-]CCC.[Br-].[Mg+2]. The molecule has 0 nitrogen and oxygen atoms in total. The summed E-state index contributed by atoms with van der Waals surface area (Å²) in [6, 6.07) is 0. The molecule has 0 rings (SSSR count). The summed E-state index contributed by atoms with van der Waals surface area (Å²) in [5, 5.41) is 0. The van der Waals surface area contributed by atoms with Gasteiger partial charge in [0.25, 0.3) is 0 Å². The molecule has 0 saturated heterocycles. The molecule has 0 N–H and O–H groups in total. The van der Waals surface area contributed by atoms with E-state index in [9.17, 15) is 0 Å². The van der Waals surface area contributed by atoms with Gasteiger partial charge in [-0.05, 0) is 0 Å². The van der Waals surface area contributed by atoms with Gasteiger partial charge < -0.3 is 23.4 Å². The van der Waals surface area contributed by atoms with Crippen molar-refractivity contribution in [2.45, 2.75) is 33.1 Å². The Balaban J connectivity index is -0.000000125. The molecule has 0 aromatic rings. The van der Waals surface area contributed by atoms with Gasteiger partial charge in [0.05, 0.1) is 0 Å². The fourth-order valence-electron chi connectivity index (χ4n) is 0.408. The van der Waals surface area contributed by atoms with E-state index in [1.807, 2.05) is 0 Å². The molecule has 0 fully saturated rings. The Hall–Kier alpha value is 1.25. The summed E-state index contributed by atoms with van der Waals surface area (Å²) in [6.45, 7) is 4.38. The molecule has 0 unspecified atom stereocenters. The van der Waals surface area contributed by atoms with E-state index in [0.29, 0.717) is 0 Å². The third kappa shape index (κ3) is 15.7. The molecule has 0 spiro atoms. The van der Waals surface area contributed by atoms with Crippen molar-refractivity contribution in [2.75, 3.05) is 0 Å². The minimum atomic E-state index is 0. The summed E-state index contributed by atoms with van der Waals surface area (Å²) in [6.07, 6.45) is 6.12. The van der Waals surface area contributed by atoms with E-state index in [4.69, 9.17) is 0 Å². The van der Waals surface area contributed by atoms with Crippen LogP contribution >= 0.6 is 0 Å². The number of hydrogen-bond donors (Lipinski definition) is 0. The van der Waals surface area contributed by atoms with Crippen LogP contribution in [0.2, 0.25) is 0 Å². The van der Waals surface area contributed by atoms with Crippen molar-refractivity contribution in [3.63, 3.8) is 0 Å². The van der Waals surface area contributed by atoms with Crippen molar-refractivity contribution in [1.82, 2.24) is 0 Å². The second-order valence-electron chi connectivity index (χ2n) is 1.49. The van der Waals surface area contributed by atoms with Crippen LogP contribution in [-0.2, 0) is 0 Å². The first-order valence-corrected chi connectivity index (χ1v) is 2.73. The van der Waals surface area contributed by atoms with Crippen LogP contribution in [-0.4, -0.2) is 23.1 Å². The maximum atomic E-state index is 2.31. The maximum Gasteiger partial charge on any atom is 2.00 e. The van der Waals surface area contributed by atoms with Gasteiger partial charge in [-0.2, -0.15) is 12.8 Å². The Kier molecular flexibility index (Phi) is 31.7. The predicted molar refractivity (Wildman–Crippen MR) is 35.3 cm³/mol. The third-order valence-electron chi connectivity index (χ3n) is 0.781. The first-order chi connectivity index (χ1) is 2.91. The molecule has 0 amide bonds.